The average molecular weight is 406 g/mol. The fourth-order valence-corrected chi connectivity index (χ4v) is 4.76. The van der Waals surface area contributed by atoms with Gasteiger partial charge in [0, 0.05) is 21.9 Å². The van der Waals surface area contributed by atoms with Crippen LogP contribution in [0.5, 0.6) is 0 Å². The van der Waals surface area contributed by atoms with Gasteiger partial charge in [-0.1, -0.05) is 11.3 Å². The lowest BCUT2D eigenvalue weighted by molar-refractivity contribution is -0.380. The SMILES string of the molecule is NC(=O)NC(=O)c1c(NC(=O)/C=C/c2ccc([N+](=O)[O-])s2)sc2c1CCC2. The van der Waals surface area contributed by atoms with Crippen molar-refractivity contribution in [3.8, 4) is 0 Å². The highest BCUT2D eigenvalue weighted by Crippen LogP contribution is 2.39. The number of nitrogens with one attached hydrogen (secondary N) is 2. The van der Waals surface area contributed by atoms with Gasteiger partial charge >= 0.3 is 11.0 Å². The Bertz CT molecular complexity index is 976. The van der Waals surface area contributed by atoms with Crippen molar-refractivity contribution in [3.63, 3.8) is 0 Å². The highest BCUT2D eigenvalue weighted by Gasteiger charge is 2.27. The number of imide groups is 1. The van der Waals surface area contributed by atoms with Crippen molar-refractivity contribution in [2.24, 2.45) is 5.73 Å². The van der Waals surface area contributed by atoms with E-state index in [4.69, 9.17) is 5.73 Å². The average Bonchev–Trinajstić information content (AvgIpc) is 3.27. The van der Waals surface area contributed by atoms with Gasteiger partial charge in [0.15, 0.2) is 0 Å². The Morgan fingerprint density at radius 2 is 2.00 bits per heavy atom. The van der Waals surface area contributed by atoms with Gasteiger partial charge in [-0.2, -0.15) is 0 Å². The minimum Gasteiger partial charge on any atom is -0.351 e. The number of hydrogen-bond acceptors (Lipinski definition) is 7. The van der Waals surface area contributed by atoms with Gasteiger partial charge in [0.05, 0.1) is 10.5 Å². The van der Waals surface area contributed by atoms with E-state index in [0.29, 0.717) is 16.3 Å². The van der Waals surface area contributed by atoms with E-state index in [-0.39, 0.29) is 10.6 Å². The number of urea groups is 1. The zero-order valence-corrected chi connectivity index (χ0v) is 15.4. The smallest absolute Gasteiger partial charge is 0.324 e. The normalized spacial score (nSPS) is 12.7. The van der Waals surface area contributed by atoms with Crippen LogP contribution in [0.25, 0.3) is 6.08 Å². The summed E-state index contributed by atoms with van der Waals surface area (Å²) in [5.74, 6) is -1.13. The zero-order valence-electron chi connectivity index (χ0n) is 13.8. The predicted molar refractivity (Wildman–Crippen MR) is 102 cm³/mol. The molecule has 9 nitrogen and oxygen atoms in total. The van der Waals surface area contributed by atoms with E-state index in [1.165, 1.54) is 35.6 Å². The molecule has 2 aromatic heterocycles. The van der Waals surface area contributed by atoms with Gasteiger partial charge in [-0.15, -0.1) is 11.3 Å². The molecule has 27 heavy (non-hydrogen) atoms. The number of nitrogens with two attached hydrogens (primary N) is 1. The maximum absolute atomic E-state index is 12.3. The van der Waals surface area contributed by atoms with E-state index >= 15 is 0 Å². The predicted octanol–water partition coefficient (Wildman–Crippen LogP) is 2.67. The van der Waals surface area contributed by atoms with Crippen LogP contribution in [0, 0.1) is 10.1 Å². The first-order valence-corrected chi connectivity index (χ1v) is 9.47. The van der Waals surface area contributed by atoms with Crippen LogP contribution < -0.4 is 16.4 Å². The Hall–Kier alpha value is -3.05. The van der Waals surface area contributed by atoms with Gasteiger partial charge in [-0.3, -0.25) is 25.0 Å². The number of aryl methyl sites for hydroxylation is 1. The van der Waals surface area contributed by atoms with Gasteiger partial charge < -0.3 is 11.1 Å². The molecule has 3 rings (SSSR count). The number of carbonyl (C=O) groups excluding carboxylic acids is 3. The van der Waals surface area contributed by atoms with Crippen LogP contribution in [0.4, 0.5) is 14.8 Å². The monoisotopic (exact) mass is 406 g/mol. The van der Waals surface area contributed by atoms with E-state index < -0.39 is 22.8 Å². The highest BCUT2D eigenvalue weighted by atomic mass is 32.1. The number of carbonyl (C=O) groups is 3. The van der Waals surface area contributed by atoms with Crippen LogP contribution in [0.3, 0.4) is 0 Å². The molecule has 0 fully saturated rings. The summed E-state index contributed by atoms with van der Waals surface area (Å²) >= 11 is 2.24. The molecule has 4 N–H and O–H groups in total. The van der Waals surface area contributed by atoms with Crippen LogP contribution in [0.15, 0.2) is 18.2 Å². The van der Waals surface area contributed by atoms with Crippen molar-refractivity contribution in [2.75, 3.05) is 5.32 Å². The topological polar surface area (TPSA) is 144 Å². The molecule has 11 heteroatoms. The summed E-state index contributed by atoms with van der Waals surface area (Å²) in [7, 11) is 0. The molecule has 0 spiro atoms. The Morgan fingerprint density at radius 3 is 2.67 bits per heavy atom. The first-order valence-electron chi connectivity index (χ1n) is 7.83. The Labute approximate surface area is 161 Å². The molecule has 0 aliphatic heterocycles. The molecular weight excluding hydrogens is 392 g/mol. The second-order valence-corrected chi connectivity index (χ2v) is 7.83. The van der Waals surface area contributed by atoms with E-state index in [9.17, 15) is 24.5 Å². The van der Waals surface area contributed by atoms with E-state index in [1.54, 1.807) is 0 Å². The lowest BCUT2D eigenvalue weighted by atomic mass is 10.1. The van der Waals surface area contributed by atoms with Crippen LogP contribution in [0.2, 0.25) is 0 Å². The Morgan fingerprint density at radius 1 is 1.22 bits per heavy atom. The van der Waals surface area contributed by atoms with Gasteiger partial charge in [-0.05, 0) is 37.0 Å². The number of nitrogens with zero attached hydrogens (tertiary/aromatic N) is 1. The summed E-state index contributed by atoms with van der Waals surface area (Å²) in [6, 6.07) is 1.94. The van der Waals surface area contributed by atoms with E-state index in [1.807, 2.05) is 5.32 Å². The largest absolute Gasteiger partial charge is 0.351 e. The molecule has 0 saturated heterocycles. The summed E-state index contributed by atoms with van der Waals surface area (Å²) in [5, 5.41) is 15.7. The molecule has 0 aromatic carbocycles. The number of thiophene rings is 2. The number of primary amides is 1. The Balaban J connectivity index is 1.77. The third-order valence-electron chi connectivity index (χ3n) is 3.81. The molecular formula is C16H14N4O5S2. The lowest BCUT2D eigenvalue weighted by Gasteiger charge is -2.06. The second-order valence-electron chi connectivity index (χ2n) is 5.64. The quantitative estimate of drug-likeness (QED) is 0.397. The number of rotatable bonds is 5. The van der Waals surface area contributed by atoms with Crippen LogP contribution in [-0.4, -0.2) is 22.8 Å². The first-order chi connectivity index (χ1) is 12.8. The molecule has 1 aliphatic rings. The van der Waals surface area contributed by atoms with Crippen LogP contribution >= 0.6 is 22.7 Å². The van der Waals surface area contributed by atoms with Crippen molar-refractivity contribution in [2.45, 2.75) is 19.3 Å². The minimum absolute atomic E-state index is 0.0184. The summed E-state index contributed by atoms with van der Waals surface area (Å²) in [6.07, 6.45) is 5.09. The molecule has 0 radical (unpaired) electrons. The molecule has 1 aliphatic carbocycles. The number of amides is 4. The molecule has 0 saturated carbocycles. The molecule has 140 valence electrons. The number of hydrogen-bond donors (Lipinski definition) is 3. The number of fused-ring (bicyclic) bond motifs is 1. The minimum atomic E-state index is -0.964. The third kappa shape index (κ3) is 4.20. The molecule has 0 bridgehead atoms. The molecule has 2 heterocycles. The number of anilines is 1. The summed E-state index contributed by atoms with van der Waals surface area (Å²) in [5.41, 5.74) is 6.11. The number of nitro groups is 1. The molecule has 0 atom stereocenters. The van der Waals surface area contributed by atoms with E-state index in [0.717, 1.165) is 34.6 Å². The van der Waals surface area contributed by atoms with Crippen molar-refractivity contribution in [1.29, 1.82) is 0 Å². The van der Waals surface area contributed by atoms with Crippen molar-refractivity contribution < 1.29 is 19.3 Å². The summed E-state index contributed by atoms with van der Waals surface area (Å²) in [4.78, 5) is 47.2. The zero-order chi connectivity index (χ0) is 19.6. The molecule has 2 aromatic rings. The van der Waals surface area contributed by atoms with Crippen molar-refractivity contribution >= 4 is 56.6 Å². The van der Waals surface area contributed by atoms with Crippen LogP contribution in [-0.2, 0) is 17.6 Å². The molecule has 0 unspecified atom stereocenters. The standard InChI is InChI=1S/C16H14N4O5S2/c17-16(23)19-14(22)13-9-2-1-3-10(9)27-15(13)18-11(21)6-4-8-5-7-12(26-8)20(24)25/h4-7H,1-3H2,(H,18,21)(H3,17,19,22,23)/b6-4+. The molecule has 4 amide bonds. The van der Waals surface area contributed by atoms with Crippen molar-refractivity contribution in [1.82, 2.24) is 5.32 Å². The summed E-state index contributed by atoms with van der Waals surface area (Å²) in [6.45, 7) is 0. The first kappa shape index (κ1) is 18.7. The fourth-order valence-electron chi connectivity index (χ4n) is 2.75. The highest BCUT2D eigenvalue weighted by molar-refractivity contribution is 7.17. The van der Waals surface area contributed by atoms with E-state index in [2.05, 4.69) is 5.32 Å². The van der Waals surface area contributed by atoms with Crippen LogP contribution in [0.1, 0.15) is 32.1 Å². The van der Waals surface area contributed by atoms with Gasteiger partial charge in [-0.25, -0.2) is 4.79 Å². The van der Waals surface area contributed by atoms with Gasteiger partial charge in [0.25, 0.3) is 5.91 Å². The van der Waals surface area contributed by atoms with Gasteiger partial charge in [0.1, 0.15) is 5.00 Å². The van der Waals surface area contributed by atoms with Gasteiger partial charge in [0.2, 0.25) is 5.91 Å². The van der Waals surface area contributed by atoms with Crippen molar-refractivity contribution in [3.05, 3.63) is 49.2 Å². The summed E-state index contributed by atoms with van der Waals surface area (Å²) < 4.78 is 0. The third-order valence-corrected chi connectivity index (χ3v) is 6.02. The maximum atomic E-state index is 12.3. The Kier molecular flexibility index (Phi) is 5.33. The fraction of sp³-hybridized carbons (Fsp3) is 0.188. The second kappa shape index (κ2) is 7.68. The lowest BCUT2D eigenvalue weighted by Crippen LogP contribution is -2.35. The maximum Gasteiger partial charge on any atom is 0.324 e.